The smallest absolute Gasteiger partial charge is 0.230 e. The standard InChI is InChI=1S/C11H19NO/c1-8-6-7-11(5,9(13)12-8)10(2,3)4/h1,6-7H2,2-5H3,(H,12,13)/i7D2. The molecule has 0 spiro atoms. The topological polar surface area (TPSA) is 29.1 Å². The normalized spacial score (nSPS) is 36.3. The van der Waals surface area contributed by atoms with Crippen molar-refractivity contribution in [2.24, 2.45) is 10.8 Å². The van der Waals surface area contributed by atoms with Gasteiger partial charge in [0.15, 0.2) is 0 Å². The zero-order chi connectivity index (χ0) is 12.1. The summed E-state index contributed by atoms with van der Waals surface area (Å²) in [6.07, 6.45) is -1.36. The third-order valence-corrected chi connectivity index (χ3v) is 2.90. The average molecular weight is 183 g/mol. The van der Waals surface area contributed by atoms with Crippen molar-refractivity contribution in [3.63, 3.8) is 0 Å². The monoisotopic (exact) mass is 183 g/mol. The second-order valence-corrected chi connectivity index (χ2v) is 4.79. The highest BCUT2D eigenvalue weighted by Gasteiger charge is 2.45. The molecule has 1 rings (SSSR count). The lowest BCUT2D eigenvalue weighted by molar-refractivity contribution is -0.137. The molecule has 1 saturated heterocycles. The third kappa shape index (κ3) is 1.62. The zero-order valence-corrected chi connectivity index (χ0v) is 8.82. The van der Waals surface area contributed by atoms with E-state index in [1.54, 1.807) is 6.92 Å². The molecule has 0 bridgehead atoms. The van der Waals surface area contributed by atoms with Crippen LogP contribution in [0, 0.1) is 10.8 Å². The van der Waals surface area contributed by atoms with Gasteiger partial charge in [-0.2, -0.15) is 0 Å². The van der Waals surface area contributed by atoms with Crippen LogP contribution in [0.15, 0.2) is 12.3 Å². The van der Waals surface area contributed by atoms with E-state index in [1.807, 2.05) is 20.8 Å². The third-order valence-electron chi connectivity index (χ3n) is 2.90. The molecule has 1 aliphatic rings. The van der Waals surface area contributed by atoms with E-state index in [9.17, 15) is 4.79 Å². The summed E-state index contributed by atoms with van der Waals surface area (Å²) in [5.74, 6) is -0.267. The molecule has 0 aromatic heterocycles. The van der Waals surface area contributed by atoms with Gasteiger partial charge in [-0.3, -0.25) is 4.79 Å². The quantitative estimate of drug-likeness (QED) is 0.614. The van der Waals surface area contributed by atoms with Crippen LogP contribution >= 0.6 is 0 Å². The molecule has 2 nitrogen and oxygen atoms in total. The van der Waals surface area contributed by atoms with Crippen LogP contribution < -0.4 is 5.32 Å². The molecule has 0 aromatic rings. The first-order chi connectivity index (χ1) is 6.52. The predicted molar refractivity (Wildman–Crippen MR) is 54.1 cm³/mol. The van der Waals surface area contributed by atoms with Crippen LogP contribution in [0.25, 0.3) is 0 Å². The summed E-state index contributed by atoms with van der Waals surface area (Å²) in [5, 5.41) is 2.66. The fourth-order valence-electron chi connectivity index (χ4n) is 1.30. The Labute approximate surface area is 83.2 Å². The number of allylic oxidation sites excluding steroid dienone is 1. The number of nitrogens with one attached hydrogen (secondary N) is 1. The maximum atomic E-state index is 12.0. The van der Waals surface area contributed by atoms with E-state index in [-0.39, 0.29) is 12.3 Å². The van der Waals surface area contributed by atoms with Gasteiger partial charge in [-0.1, -0.05) is 34.3 Å². The Morgan fingerprint density at radius 1 is 1.62 bits per heavy atom. The van der Waals surface area contributed by atoms with E-state index in [0.29, 0.717) is 5.70 Å². The fraction of sp³-hybridized carbons (Fsp3) is 0.727. The van der Waals surface area contributed by atoms with Crippen molar-refractivity contribution in [1.82, 2.24) is 5.32 Å². The van der Waals surface area contributed by atoms with Gasteiger partial charge in [0.05, 0.1) is 5.41 Å². The van der Waals surface area contributed by atoms with E-state index in [0.717, 1.165) is 0 Å². The van der Waals surface area contributed by atoms with E-state index in [2.05, 4.69) is 11.9 Å². The summed E-state index contributed by atoms with van der Waals surface area (Å²) in [4.78, 5) is 12.0. The Hall–Kier alpha value is -0.790. The number of hydrogen-bond acceptors (Lipinski definition) is 1. The molecule has 0 aliphatic carbocycles. The number of carbonyl (C=O) groups is 1. The summed E-state index contributed by atoms with van der Waals surface area (Å²) in [6.45, 7) is 11.0. The molecule has 1 fully saturated rings. The number of hydrogen-bond donors (Lipinski definition) is 1. The van der Waals surface area contributed by atoms with Crippen LogP contribution in [0.2, 0.25) is 0 Å². The Kier molecular flexibility index (Phi) is 1.67. The summed E-state index contributed by atoms with van der Waals surface area (Å²) in [6, 6.07) is 0. The highest BCUT2D eigenvalue weighted by molar-refractivity contribution is 5.85. The van der Waals surface area contributed by atoms with Gasteiger partial charge in [0.2, 0.25) is 5.91 Å². The largest absolute Gasteiger partial charge is 0.330 e. The van der Waals surface area contributed by atoms with Gasteiger partial charge in [-0.15, -0.1) is 0 Å². The van der Waals surface area contributed by atoms with Crippen LogP contribution in [0.1, 0.15) is 43.2 Å². The molecular weight excluding hydrogens is 162 g/mol. The van der Waals surface area contributed by atoms with Gasteiger partial charge in [0.1, 0.15) is 0 Å². The molecule has 1 N–H and O–H groups in total. The van der Waals surface area contributed by atoms with Crippen LogP contribution in [0.4, 0.5) is 0 Å². The van der Waals surface area contributed by atoms with Crippen molar-refractivity contribution >= 4 is 5.91 Å². The maximum absolute atomic E-state index is 12.0. The molecule has 13 heavy (non-hydrogen) atoms. The highest BCUT2D eigenvalue weighted by atomic mass is 16.2. The molecule has 0 radical (unpaired) electrons. The second kappa shape index (κ2) is 2.86. The highest BCUT2D eigenvalue weighted by Crippen LogP contribution is 2.44. The average Bonchev–Trinajstić information content (AvgIpc) is 1.96. The van der Waals surface area contributed by atoms with Crippen molar-refractivity contribution in [1.29, 1.82) is 0 Å². The van der Waals surface area contributed by atoms with E-state index < -0.39 is 17.2 Å². The zero-order valence-electron chi connectivity index (χ0n) is 10.8. The number of piperidine rings is 1. The summed E-state index contributed by atoms with van der Waals surface area (Å²) < 4.78 is 16.1. The first-order valence-corrected chi connectivity index (χ1v) is 4.51. The fourth-order valence-corrected chi connectivity index (χ4v) is 1.30. The lowest BCUT2D eigenvalue weighted by atomic mass is 9.63. The molecule has 1 heterocycles. The maximum Gasteiger partial charge on any atom is 0.230 e. The van der Waals surface area contributed by atoms with Gasteiger partial charge in [0.25, 0.3) is 0 Å². The SMILES string of the molecule is [2H]C1([2H])CC(=C)NC(=O)C1(C)C(C)(C)C. The Bertz CT molecular complexity index is 317. The van der Waals surface area contributed by atoms with Gasteiger partial charge in [-0.05, 0) is 18.2 Å². The molecule has 0 aromatic carbocycles. The minimum atomic E-state index is -1.55. The minimum absolute atomic E-state index is 0.187. The molecular formula is C11H19NO. The summed E-state index contributed by atoms with van der Waals surface area (Å²) in [7, 11) is 0. The van der Waals surface area contributed by atoms with Crippen molar-refractivity contribution in [2.75, 3.05) is 0 Å². The minimum Gasteiger partial charge on any atom is -0.330 e. The van der Waals surface area contributed by atoms with Gasteiger partial charge in [-0.25, -0.2) is 0 Å². The molecule has 1 aliphatic heterocycles. The summed E-state index contributed by atoms with van der Waals surface area (Å²) in [5.41, 5.74) is -0.991. The van der Waals surface area contributed by atoms with Crippen molar-refractivity contribution in [3.05, 3.63) is 12.3 Å². The molecule has 1 unspecified atom stereocenters. The van der Waals surface area contributed by atoms with Crippen molar-refractivity contribution in [2.45, 2.75) is 40.5 Å². The molecule has 1 atom stereocenters. The Morgan fingerprint density at radius 3 is 2.54 bits per heavy atom. The van der Waals surface area contributed by atoms with Crippen molar-refractivity contribution < 1.29 is 7.54 Å². The van der Waals surface area contributed by atoms with Crippen LogP contribution in [0.5, 0.6) is 0 Å². The molecule has 2 heteroatoms. The lowest BCUT2D eigenvalue weighted by Gasteiger charge is -2.43. The predicted octanol–water partition coefficient (Wildman–Crippen LogP) is 2.46. The summed E-state index contributed by atoms with van der Waals surface area (Å²) >= 11 is 0. The number of amides is 1. The van der Waals surface area contributed by atoms with Crippen LogP contribution in [0.3, 0.4) is 0 Å². The van der Waals surface area contributed by atoms with Crippen LogP contribution in [-0.2, 0) is 4.79 Å². The first-order valence-electron chi connectivity index (χ1n) is 5.51. The number of rotatable bonds is 0. The molecule has 74 valence electrons. The Balaban J connectivity index is 3.26. The van der Waals surface area contributed by atoms with E-state index in [4.69, 9.17) is 2.74 Å². The van der Waals surface area contributed by atoms with Gasteiger partial charge < -0.3 is 5.32 Å². The molecule has 0 saturated carbocycles. The van der Waals surface area contributed by atoms with E-state index >= 15 is 0 Å². The number of carbonyl (C=O) groups excluding carboxylic acids is 1. The van der Waals surface area contributed by atoms with Crippen molar-refractivity contribution in [3.8, 4) is 0 Å². The van der Waals surface area contributed by atoms with Crippen LogP contribution in [-0.4, -0.2) is 5.91 Å². The lowest BCUT2D eigenvalue weighted by Crippen LogP contribution is -2.49. The molecule has 1 amide bonds. The van der Waals surface area contributed by atoms with E-state index in [1.165, 1.54) is 0 Å². The van der Waals surface area contributed by atoms with Gasteiger partial charge in [0, 0.05) is 8.44 Å². The Morgan fingerprint density at radius 2 is 2.15 bits per heavy atom. The van der Waals surface area contributed by atoms with Gasteiger partial charge >= 0.3 is 0 Å². The first kappa shape index (κ1) is 7.60. The second-order valence-electron chi connectivity index (χ2n) is 4.79.